The molecule has 0 aliphatic carbocycles. The van der Waals surface area contributed by atoms with Gasteiger partial charge in [-0.1, -0.05) is 30.3 Å². The van der Waals surface area contributed by atoms with Crippen LogP contribution >= 0.6 is 11.8 Å². The Labute approximate surface area is 143 Å². The number of thioether (sulfide) groups is 1. The molecule has 1 aliphatic rings. The van der Waals surface area contributed by atoms with Crippen LogP contribution in [-0.2, 0) is 6.42 Å². The lowest BCUT2D eigenvalue weighted by atomic mass is 10.0. The predicted octanol–water partition coefficient (Wildman–Crippen LogP) is -5.81. The maximum Gasteiger partial charge on any atom is 0.245 e. The lowest BCUT2D eigenvalue weighted by Crippen LogP contribution is -3.00. The van der Waals surface area contributed by atoms with Gasteiger partial charge in [0, 0.05) is 0 Å². The number of nitrogens with two attached hydrogens (primary N) is 1. The minimum atomic E-state index is -1.31. The van der Waals surface area contributed by atoms with Gasteiger partial charge in [0.1, 0.15) is 12.2 Å². The van der Waals surface area contributed by atoms with E-state index in [9.17, 15) is 20.4 Å². The van der Waals surface area contributed by atoms with Crippen LogP contribution in [0.4, 0.5) is 0 Å². The van der Waals surface area contributed by atoms with Gasteiger partial charge in [0.2, 0.25) is 5.84 Å². The van der Waals surface area contributed by atoms with Gasteiger partial charge in [0.25, 0.3) is 0 Å². The molecule has 1 aromatic rings. The molecule has 5 unspecified atom stereocenters. The van der Waals surface area contributed by atoms with Crippen molar-refractivity contribution >= 4 is 17.6 Å². The summed E-state index contributed by atoms with van der Waals surface area (Å²) >= 11 is 1.17. The first-order valence-corrected chi connectivity index (χ1v) is 7.69. The SMILES string of the molecule is N/C(Cc1ccccc1)=[NH+]\C1SC(CO)C(O)C(O)C1O.[Br-]. The van der Waals surface area contributed by atoms with Crippen molar-refractivity contribution in [3.8, 4) is 0 Å². The van der Waals surface area contributed by atoms with Gasteiger partial charge >= 0.3 is 0 Å². The van der Waals surface area contributed by atoms with Crippen LogP contribution in [0.2, 0.25) is 0 Å². The van der Waals surface area contributed by atoms with E-state index in [-0.39, 0.29) is 23.6 Å². The third-order valence-corrected chi connectivity index (χ3v) is 4.92. The third-order valence-electron chi connectivity index (χ3n) is 3.46. The molecule has 1 aromatic carbocycles. The Kier molecular flexibility index (Phi) is 7.81. The molecule has 6 nitrogen and oxygen atoms in total. The van der Waals surface area contributed by atoms with Crippen LogP contribution in [0, 0.1) is 0 Å². The highest BCUT2D eigenvalue weighted by molar-refractivity contribution is 8.00. The number of hydrogen-bond acceptors (Lipinski definition) is 5. The number of benzene rings is 1. The first kappa shape index (κ1) is 19.4. The second kappa shape index (κ2) is 8.85. The van der Waals surface area contributed by atoms with Gasteiger partial charge in [-0.25, -0.2) is 0 Å². The second-order valence-electron chi connectivity index (χ2n) is 5.08. The number of halogens is 1. The van der Waals surface area contributed by atoms with E-state index in [2.05, 4.69) is 4.99 Å². The van der Waals surface area contributed by atoms with Gasteiger partial charge < -0.3 is 37.4 Å². The first-order chi connectivity index (χ1) is 10.0. The second-order valence-corrected chi connectivity index (χ2v) is 6.47. The number of aliphatic hydroxyl groups excluding tert-OH is 4. The molecular weight excluding hydrogens is 372 g/mol. The highest BCUT2D eigenvalue weighted by Gasteiger charge is 2.44. The minimum absolute atomic E-state index is 0. The van der Waals surface area contributed by atoms with E-state index in [0.717, 1.165) is 5.56 Å². The molecular formula is C14H21BrN2O4S. The number of amidine groups is 1. The molecule has 8 heteroatoms. The summed E-state index contributed by atoms with van der Waals surface area (Å²) in [5, 5.41) is 37.6. The summed E-state index contributed by atoms with van der Waals surface area (Å²) in [4.78, 5) is 2.96. The van der Waals surface area contributed by atoms with Gasteiger partial charge in [0.15, 0.2) is 5.37 Å². The van der Waals surface area contributed by atoms with Crippen molar-refractivity contribution < 1.29 is 42.4 Å². The van der Waals surface area contributed by atoms with Crippen LogP contribution in [0.5, 0.6) is 0 Å². The van der Waals surface area contributed by atoms with Crippen molar-refractivity contribution in [1.29, 1.82) is 0 Å². The van der Waals surface area contributed by atoms with E-state index in [1.807, 2.05) is 30.3 Å². The average Bonchev–Trinajstić information content (AvgIpc) is 2.49. The van der Waals surface area contributed by atoms with E-state index < -0.39 is 28.9 Å². The fourth-order valence-electron chi connectivity index (χ4n) is 2.27. The van der Waals surface area contributed by atoms with E-state index >= 15 is 0 Å². The molecule has 1 aliphatic heterocycles. The lowest BCUT2D eigenvalue weighted by Gasteiger charge is -2.36. The van der Waals surface area contributed by atoms with Crippen molar-refractivity contribution in [2.75, 3.05) is 6.61 Å². The fraction of sp³-hybridized carbons (Fsp3) is 0.500. The number of aliphatic hydroxyl groups is 4. The number of nitrogens with one attached hydrogen (secondary N) is 1. The Morgan fingerprint density at radius 2 is 1.73 bits per heavy atom. The monoisotopic (exact) mass is 392 g/mol. The topological polar surface area (TPSA) is 121 Å². The summed E-state index contributed by atoms with van der Waals surface area (Å²) in [6.45, 7) is -0.285. The Morgan fingerprint density at radius 3 is 2.32 bits per heavy atom. The predicted molar refractivity (Wildman–Crippen MR) is 80.6 cm³/mol. The third kappa shape index (κ3) is 4.68. The lowest BCUT2D eigenvalue weighted by molar-refractivity contribution is -0.493. The maximum absolute atomic E-state index is 9.99. The Balaban J connectivity index is 0.00000242. The molecule has 22 heavy (non-hydrogen) atoms. The van der Waals surface area contributed by atoms with Gasteiger partial charge in [-0.3, -0.25) is 10.7 Å². The summed E-state index contributed by atoms with van der Waals surface area (Å²) in [5.74, 6) is 0.457. The summed E-state index contributed by atoms with van der Waals surface area (Å²) in [6.07, 6.45) is -3.15. The van der Waals surface area contributed by atoms with Crippen LogP contribution in [-0.4, -0.2) is 61.8 Å². The Hall–Kier alpha value is -0.640. The van der Waals surface area contributed by atoms with Crippen LogP contribution in [0.3, 0.4) is 0 Å². The van der Waals surface area contributed by atoms with Gasteiger partial charge in [-0.05, 0) is 5.56 Å². The molecule has 124 valence electrons. The zero-order valence-electron chi connectivity index (χ0n) is 11.8. The molecule has 2 rings (SSSR count). The van der Waals surface area contributed by atoms with E-state index in [1.165, 1.54) is 11.8 Å². The molecule has 1 fully saturated rings. The number of hydrogen-bond donors (Lipinski definition) is 6. The minimum Gasteiger partial charge on any atom is -1.00 e. The normalized spacial score (nSPS) is 32.4. The van der Waals surface area contributed by atoms with Gasteiger partial charge in [0.05, 0.1) is 24.4 Å². The molecule has 0 amide bonds. The van der Waals surface area contributed by atoms with Crippen LogP contribution in [0.1, 0.15) is 5.56 Å². The van der Waals surface area contributed by atoms with E-state index in [0.29, 0.717) is 12.3 Å². The quantitative estimate of drug-likeness (QED) is 0.224. The fourth-order valence-corrected chi connectivity index (χ4v) is 3.60. The molecule has 0 saturated carbocycles. The Morgan fingerprint density at radius 1 is 1.09 bits per heavy atom. The summed E-state index contributed by atoms with van der Waals surface area (Å²) < 4.78 is 0. The summed E-state index contributed by atoms with van der Waals surface area (Å²) in [5.41, 5.74) is 6.97. The number of rotatable bonds is 4. The largest absolute Gasteiger partial charge is 1.00 e. The summed E-state index contributed by atoms with van der Waals surface area (Å²) in [6, 6.07) is 9.61. The molecule has 7 N–H and O–H groups in total. The molecule has 0 bridgehead atoms. The van der Waals surface area contributed by atoms with Crippen molar-refractivity contribution in [1.82, 2.24) is 0 Å². The van der Waals surface area contributed by atoms with Crippen LogP contribution in [0.25, 0.3) is 0 Å². The molecule has 5 atom stereocenters. The first-order valence-electron chi connectivity index (χ1n) is 6.75. The van der Waals surface area contributed by atoms with Crippen molar-refractivity contribution in [3.63, 3.8) is 0 Å². The molecule has 0 radical (unpaired) electrons. The molecule has 1 saturated heterocycles. The molecule has 0 spiro atoms. The van der Waals surface area contributed by atoms with Gasteiger partial charge in [-0.15, -0.1) is 11.8 Å². The zero-order valence-corrected chi connectivity index (χ0v) is 14.2. The van der Waals surface area contributed by atoms with E-state index in [1.54, 1.807) is 0 Å². The summed E-state index contributed by atoms with van der Waals surface area (Å²) in [7, 11) is 0. The standard InChI is InChI=1S/C14H20N2O4S.BrH/c15-10(6-8-4-2-1-3-5-8)16-14-13(20)12(19)11(18)9(7-17)21-14;/h1-5,9,11-14,17-20H,6-7H2,(H2,15,16);1H. The zero-order chi connectivity index (χ0) is 15.4. The molecule has 1 heterocycles. The Bertz CT molecular complexity index is 489. The van der Waals surface area contributed by atoms with E-state index in [4.69, 9.17) is 5.73 Å². The van der Waals surface area contributed by atoms with Crippen molar-refractivity contribution in [2.45, 2.75) is 35.4 Å². The van der Waals surface area contributed by atoms with Crippen LogP contribution in [0.15, 0.2) is 30.3 Å². The smallest absolute Gasteiger partial charge is 0.245 e. The van der Waals surface area contributed by atoms with Crippen molar-refractivity contribution in [2.24, 2.45) is 5.73 Å². The maximum atomic E-state index is 9.99. The highest BCUT2D eigenvalue weighted by atomic mass is 79.9. The highest BCUT2D eigenvalue weighted by Crippen LogP contribution is 2.28. The molecule has 0 aromatic heterocycles. The average molecular weight is 393 g/mol. The van der Waals surface area contributed by atoms with Crippen LogP contribution < -0.4 is 27.7 Å². The van der Waals surface area contributed by atoms with Crippen molar-refractivity contribution in [3.05, 3.63) is 35.9 Å². The van der Waals surface area contributed by atoms with Gasteiger partial charge in [-0.2, -0.15) is 0 Å².